The van der Waals surface area contributed by atoms with Crippen molar-refractivity contribution in [3.05, 3.63) is 12.2 Å². The molecule has 0 aromatic carbocycles. The van der Waals surface area contributed by atoms with Gasteiger partial charge in [0.15, 0.2) is 5.11 Å². The standard InChI is InChI=1S/C8H13N3OS/c1-9-8(13)11-10-7(12)6-4-2-3-5-6/h2-3,6H,4-5H2,1H3,(H,10,12)(H2,9,11,13). The molecule has 1 amide bonds. The molecule has 0 saturated heterocycles. The maximum Gasteiger partial charge on any atom is 0.242 e. The van der Waals surface area contributed by atoms with Gasteiger partial charge in [0.05, 0.1) is 0 Å². The first kappa shape index (κ1) is 9.98. The fraction of sp³-hybridized carbons (Fsp3) is 0.500. The predicted octanol–water partition coefficient (Wildman–Crippen LogP) is 0.0777. The Balaban J connectivity index is 2.21. The van der Waals surface area contributed by atoms with Crippen LogP contribution in [0.1, 0.15) is 12.8 Å². The molecule has 0 bridgehead atoms. The van der Waals surface area contributed by atoms with Crippen LogP contribution in [-0.2, 0) is 4.79 Å². The second kappa shape index (κ2) is 4.81. The van der Waals surface area contributed by atoms with E-state index in [4.69, 9.17) is 12.2 Å². The molecule has 0 radical (unpaired) electrons. The highest BCUT2D eigenvalue weighted by atomic mass is 32.1. The highest BCUT2D eigenvalue weighted by molar-refractivity contribution is 7.80. The molecule has 0 aliphatic heterocycles. The topological polar surface area (TPSA) is 53.2 Å². The molecule has 0 aromatic rings. The monoisotopic (exact) mass is 199 g/mol. The molecule has 5 heteroatoms. The number of thiocarbonyl (C=S) groups is 1. The highest BCUT2D eigenvalue weighted by Crippen LogP contribution is 2.16. The number of nitrogens with one attached hydrogen (secondary N) is 3. The lowest BCUT2D eigenvalue weighted by Gasteiger charge is -2.12. The molecule has 0 aromatic heterocycles. The summed E-state index contributed by atoms with van der Waals surface area (Å²) in [4.78, 5) is 11.4. The van der Waals surface area contributed by atoms with Gasteiger partial charge in [0.25, 0.3) is 0 Å². The Morgan fingerprint density at radius 3 is 2.54 bits per heavy atom. The predicted molar refractivity (Wildman–Crippen MR) is 54.8 cm³/mol. The van der Waals surface area contributed by atoms with Crippen LogP contribution in [0.3, 0.4) is 0 Å². The number of hydrazine groups is 1. The summed E-state index contributed by atoms with van der Waals surface area (Å²) in [5, 5.41) is 3.12. The lowest BCUT2D eigenvalue weighted by Crippen LogP contribution is -2.47. The van der Waals surface area contributed by atoms with Crippen LogP contribution in [0.25, 0.3) is 0 Å². The van der Waals surface area contributed by atoms with Gasteiger partial charge in [0, 0.05) is 13.0 Å². The van der Waals surface area contributed by atoms with Gasteiger partial charge < -0.3 is 5.32 Å². The van der Waals surface area contributed by atoms with Crippen molar-refractivity contribution in [3.8, 4) is 0 Å². The molecule has 0 saturated carbocycles. The van der Waals surface area contributed by atoms with Crippen molar-refractivity contribution in [3.63, 3.8) is 0 Å². The van der Waals surface area contributed by atoms with Crippen LogP contribution < -0.4 is 16.2 Å². The lowest BCUT2D eigenvalue weighted by atomic mass is 10.1. The second-order valence-electron chi connectivity index (χ2n) is 2.83. The molecule has 0 spiro atoms. The van der Waals surface area contributed by atoms with E-state index in [1.54, 1.807) is 7.05 Å². The molecule has 0 fully saturated rings. The maximum atomic E-state index is 11.4. The third-order valence-electron chi connectivity index (χ3n) is 1.90. The molecule has 13 heavy (non-hydrogen) atoms. The SMILES string of the molecule is CNC(=S)NNC(=O)C1CC=CC1. The number of allylic oxidation sites excluding steroid dienone is 2. The van der Waals surface area contributed by atoms with E-state index in [1.165, 1.54) is 0 Å². The van der Waals surface area contributed by atoms with Crippen LogP contribution in [0.5, 0.6) is 0 Å². The van der Waals surface area contributed by atoms with Crippen molar-refractivity contribution >= 4 is 23.2 Å². The van der Waals surface area contributed by atoms with E-state index < -0.39 is 0 Å². The fourth-order valence-corrected chi connectivity index (χ4v) is 1.17. The van der Waals surface area contributed by atoms with Crippen molar-refractivity contribution in [2.45, 2.75) is 12.8 Å². The Morgan fingerprint density at radius 1 is 1.38 bits per heavy atom. The first-order chi connectivity index (χ1) is 6.24. The van der Waals surface area contributed by atoms with E-state index in [9.17, 15) is 4.79 Å². The van der Waals surface area contributed by atoms with Crippen molar-refractivity contribution in [2.24, 2.45) is 5.92 Å². The van der Waals surface area contributed by atoms with Crippen LogP contribution in [0.4, 0.5) is 0 Å². The molecule has 72 valence electrons. The van der Waals surface area contributed by atoms with Crippen molar-refractivity contribution in [1.29, 1.82) is 0 Å². The minimum absolute atomic E-state index is 0.0115. The molecular formula is C8H13N3OS. The Hall–Kier alpha value is -1.10. The van der Waals surface area contributed by atoms with E-state index in [0.717, 1.165) is 12.8 Å². The summed E-state index contributed by atoms with van der Waals surface area (Å²) in [5.41, 5.74) is 5.14. The average Bonchev–Trinajstić information content (AvgIpc) is 2.66. The zero-order valence-corrected chi connectivity index (χ0v) is 8.28. The molecular weight excluding hydrogens is 186 g/mol. The summed E-state index contributed by atoms with van der Waals surface area (Å²) < 4.78 is 0. The summed E-state index contributed by atoms with van der Waals surface area (Å²) in [6, 6.07) is 0. The number of carbonyl (C=O) groups is 1. The van der Waals surface area contributed by atoms with Crippen molar-refractivity contribution < 1.29 is 4.79 Å². The van der Waals surface area contributed by atoms with E-state index in [0.29, 0.717) is 5.11 Å². The van der Waals surface area contributed by atoms with Crippen LogP contribution in [0, 0.1) is 5.92 Å². The number of hydrogen-bond donors (Lipinski definition) is 3. The van der Waals surface area contributed by atoms with Gasteiger partial charge in [-0.15, -0.1) is 0 Å². The Morgan fingerprint density at radius 2 is 2.00 bits per heavy atom. The third-order valence-corrected chi connectivity index (χ3v) is 2.21. The first-order valence-electron chi connectivity index (χ1n) is 4.16. The number of amides is 1. The summed E-state index contributed by atoms with van der Waals surface area (Å²) in [5.74, 6) is 0.0507. The first-order valence-corrected chi connectivity index (χ1v) is 4.57. The van der Waals surface area contributed by atoms with Gasteiger partial charge in [-0.3, -0.25) is 15.6 Å². The zero-order chi connectivity index (χ0) is 9.68. The largest absolute Gasteiger partial charge is 0.364 e. The van der Waals surface area contributed by atoms with Crippen LogP contribution in [0.15, 0.2) is 12.2 Å². The van der Waals surface area contributed by atoms with E-state index in [1.807, 2.05) is 12.2 Å². The Kier molecular flexibility index (Phi) is 3.70. The van der Waals surface area contributed by atoms with E-state index in [2.05, 4.69) is 16.2 Å². The van der Waals surface area contributed by atoms with Crippen molar-refractivity contribution in [1.82, 2.24) is 16.2 Å². The molecule has 0 unspecified atom stereocenters. The van der Waals surface area contributed by atoms with Gasteiger partial charge in [-0.1, -0.05) is 12.2 Å². The highest BCUT2D eigenvalue weighted by Gasteiger charge is 2.18. The minimum atomic E-state index is -0.0115. The van der Waals surface area contributed by atoms with E-state index in [-0.39, 0.29) is 11.8 Å². The lowest BCUT2D eigenvalue weighted by molar-refractivity contribution is -0.125. The maximum absolute atomic E-state index is 11.4. The normalized spacial score (nSPS) is 15.5. The number of rotatable bonds is 1. The molecule has 0 atom stereocenters. The average molecular weight is 199 g/mol. The van der Waals surface area contributed by atoms with Gasteiger partial charge in [-0.05, 0) is 25.1 Å². The molecule has 0 heterocycles. The molecule has 1 aliphatic carbocycles. The van der Waals surface area contributed by atoms with Crippen molar-refractivity contribution in [2.75, 3.05) is 7.05 Å². The number of carbonyl (C=O) groups excluding carboxylic acids is 1. The zero-order valence-electron chi connectivity index (χ0n) is 7.46. The minimum Gasteiger partial charge on any atom is -0.364 e. The van der Waals surface area contributed by atoms with Crippen LogP contribution >= 0.6 is 12.2 Å². The van der Waals surface area contributed by atoms with Crippen LogP contribution in [-0.4, -0.2) is 18.1 Å². The van der Waals surface area contributed by atoms with Gasteiger partial charge in [-0.2, -0.15) is 0 Å². The number of hydrogen-bond acceptors (Lipinski definition) is 2. The Bertz CT molecular complexity index is 232. The molecule has 4 nitrogen and oxygen atoms in total. The summed E-state index contributed by atoms with van der Waals surface area (Å²) in [7, 11) is 1.69. The summed E-state index contributed by atoms with van der Waals surface area (Å²) in [6.45, 7) is 0. The smallest absolute Gasteiger partial charge is 0.242 e. The Labute approximate surface area is 82.7 Å². The third kappa shape index (κ3) is 3.02. The molecule has 1 aliphatic rings. The quantitative estimate of drug-likeness (QED) is 0.318. The van der Waals surface area contributed by atoms with Gasteiger partial charge >= 0.3 is 0 Å². The van der Waals surface area contributed by atoms with Gasteiger partial charge in [0.1, 0.15) is 0 Å². The van der Waals surface area contributed by atoms with Gasteiger partial charge in [0.2, 0.25) is 5.91 Å². The molecule has 1 rings (SSSR count). The van der Waals surface area contributed by atoms with Crippen LogP contribution in [0.2, 0.25) is 0 Å². The van der Waals surface area contributed by atoms with E-state index >= 15 is 0 Å². The second-order valence-corrected chi connectivity index (χ2v) is 3.24. The van der Waals surface area contributed by atoms with Gasteiger partial charge in [-0.25, -0.2) is 0 Å². The fourth-order valence-electron chi connectivity index (χ4n) is 1.11. The summed E-state index contributed by atoms with van der Waals surface area (Å²) >= 11 is 4.80. The molecule has 3 N–H and O–H groups in total. The summed E-state index contributed by atoms with van der Waals surface area (Å²) in [6.07, 6.45) is 5.67.